The number of hydrogen-bond donors (Lipinski definition) is 2. The average Bonchev–Trinajstić information content (AvgIpc) is 2.94. The quantitative estimate of drug-likeness (QED) is 0.338. The summed E-state index contributed by atoms with van der Waals surface area (Å²) < 4.78 is 28.9. The molecule has 8 heteroatoms. The van der Waals surface area contributed by atoms with Crippen LogP contribution in [0.4, 0.5) is 14.5 Å². The summed E-state index contributed by atoms with van der Waals surface area (Å²) in [4.78, 5) is 20.9. The van der Waals surface area contributed by atoms with Crippen molar-refractivity contribution in [2.75, 3.05) is 31.5 Å². The number of fused-ring (bicyclic) bond motifs is 3. The number of aromatic nitrogens is 1. The molecular weight excluding hydrogens is 508 g/mol. The Morgan fingerprint density at radius 2 is 1.90 bits per heavy atom. The largest absolute Gasteiger partial charge is 0.340 e. The van der Waals surface area contributed by atoms with E-state index in [0.29, 0.717) is 41.3 Å². The number of rotatable bonds is 5. The lowest BCUT2D eigenvalue weighted by Gasteiger charge is -2.61. The van der Waals surface area contributed by atoms with Gasteiger partial charge in [0.05, 0.1) is 6.04 Å². The van der Waals surface area contributed by atoms with Crippen LogP contribution in [0.15, 0.2) is 58.4 Å². The van der Waals surface area contributed by atoms with E-state index < -0.39 is 11.6 Å². The van der Waals surface area contributed by atoms with Crippen molar-refractivity contribution in [3.8, 4) is 0 Å². The molecule has 212 valence electrons. The minimum Gasteiger partial charge on any atom is -0.340 e. The number of aliphatic imine (C=N–C) groups is 1. The molecule has 2 N–H and O–H groups in total. The number of nitrogens with zero attached hydrogens (tertiary/aromatic N) is 3. The smallest absolute Gasteiger partial charge is 0.258 e. The Morgan fingerprint density at radius 1 is 1.10 bits per heavy atom. The number of hydrogen-bond acceptors (Lipinski definition) is 3. The maximum atomic E-state index is 14.1. The van der Waals surface area contributed by atoms with Crippen molar-refractivity contribution in [2.24, 2.45) is 28.2 Å². The van der Waals surface area contributed by atoms with Crippen molar-refractivity contribution >= 4 is 22.4 Å². The van der Waals surface area contributed by atoms with Crippen molar-refractivity contribution in [1.82, 2.24) is 14.8 Å². The minimum atomic E-state index is -0.604. The molecule has 2 bridgehead atoms. The Hall–Kier alpha value is -3.26. The number of nitrogens with one attached hydrogen (secondary N) is 2. The first-order chi connectivity index (χ1) is 19.2. The van der Waals surface area contributed by atoms with Crippen molar-refractivity contribution in [2.45, 2.75) is 52.6 Å². The third-order valence-corrected chi connectivity index (χ3v) is 9.89. The SMILES string of the molecule is C[C@H]1C2C[C@H](C[C@@H]1N=C(Nc1ccc3c(=O)n(CCc4ccc(F)cc4F)ccc3c1)N1CCNCC1)C2(C)C. The van der Waals surface area contributed by atoms with Crippen molar-refractivity contribution < 1.29 is 8.78 Å². The number of piperazine rings is 1. The van der Waals surface area contributed by atoms with Crippen molar-refractivity contribution in [3.63, 3.8) is 0 Å². The van der Waals surface area contributed by atoms with Gasteiger partial charge in [-0.05, 0) is 83.7 Å². The summed E-state index contributed by atoms with van der Waals surface area (Å²) in [6, 6.07) is 11.6. The maximum absolute atomic E-state index is 14.1. The van der Waals surface area contributed by atoms with Crippen LogP contribution in [0, 0.1) is 34.8 Å². The van der Waals surface area contributed by atoms with Crippen molar-refractivity contribution in [3.05, 3.63) is 76.2 Å². The first-order valence-electron chi connectivity index (χ1n) is 14.6. The molecular formula is C32H39F2N5O. The zero-order chi connectivity index (χ0) is 28.0. The Morgan fingerprint density at radius 3 is 2.62 bits per heavy atom. The predicted octanol–water partition coefficient (Wildman–Crippen LogP) is 5.27. The van der Waals surface area contributed by atoms with E-state index in [4.69, 9.17) is 4.99 Å². The van der Waals surface area contributed by atoms with Gasteiger partial charge in [-0.1, -0.05) is 26.8 Å². The molecule has 2 aromatic carbocycles. The summed E-state index contributed by atoms with van der Waals surface area (Å²) in [5.74, 6) is 1.76. The van der Waals surface area contributed by atoms with E-state index in [1.807, 2.05) is 24.3 Å². The van der Waals surface area contributed by atoms with Gasteiger partial charge in [-0.25, -0.2) is 13.8 Å². The van der Waals surface area contributed by atoms with Crippen LogP contribution in [0.5, 0.6) is 0 Å². The Bertz CT molecular complexity index is 1490. The lowest BCUT2D eigenvalue weighted by molar-refractivity contribution is -0.108. The van der Waals surface area contributed by atoms with Gasteiger partial charge in [0.15, 0.2) is 5.96 Å². The molecule has 0 spiro atoms. The van der Waals surface area contributed by atoms with E-state index in [9.17, 15) is 13.6 Å². The zero-order valence-electron chi connectivity index (χ0n) is 23.6. The fourth-order valence-electron chi connectivity index (χ4n) is 7.16. The van der Waals surface area contributed by atoms with Crippen molar-refractivity contribution in [1.29, 1.82) is 0 Å². The molecule has 3 aromatic rings. The summed E-state index contributed by atoms with van der Waals surface area (Å²) in [6.45, 7) is 11.2. The minimum absolute atomic E-state index is 0.125. The van der Waals surface area contributed by atoms with Gasteiger partial charge >= 0.3 is 0 Å². The molecule has 40 heavy (non-hydrogen) atoms. The molecule has 1 aromatic heterocycles. The van der Waals surface area contributed by atoms with Gasteiger partial charge in [0, 0.05) is 56.1 Å². The van der Waals surface area contributed by atoms with Crippen LogP contribution in [0.2, 0.25) is 0 Å². The molecule has 2 heterocycles. The molecule has 1 unspecified atom stereocenters. The number of halogens is 2. The molecule has 0 amide bonds. The molecule has 4 fully saturated rings. The first-order valence-corrected chi connectivity index (χ1v) is 14.6. The van der Waals surface area contributed by atoms with E-state index in [1.54, 1.807) is 10.8 Å². The van der Waals surface area contributed by atoms with Crippen LogP contribution in [-0.4, -0.2) is 47.6 Å². The van der Waals surface area contributed by atoms with Crippen LogP contribution in [-0.2, 0) is 13.0 Å². The average molecular weight is 548 g/mol. The standard InChI is InChI=1S/C32H39F2N5O/c1-20-27-17-23(32(27,2)3)18-29(20)37-31(39-14-10-35-11-15-39)36-25-6-7-26-22(16-25)9-13-38(30(26)40)12-8-21-4-5-24(33)19-28(21)34/h4-7,9,13,16,19-20,23,27,29,35H,8,10-12,14-15,17-18H2,1-3H3,(H,36,37)/t20-,23+,27?,29-/m0/s1. The van der Waals surface area contributed by atoms with E-state index >= 15 is 0 Å². The Kier molecular flexibility index (Phi) is 7.15. The molecule has 1 saturated heterocycles. The van der Waals surface area contributed by atoms with E-state index in [2.05, 4.69) is 36.3 Å². The van der Waals surface area contributed by atoms with Crippen LogP contribution < -0.4 is 16.2 Å². The van der Waals surface area contributed by atoms with Gasteiger partial charge in [-0.2, -0.15) is 0 Å². The number of benzene rings is 2. The summed E-state index contributed by atoms with van der Waals surface area (Å²) in [7, 11) is 0. The highest BCUT2D eigenvalue weighted by Gasteiger charge is 2.56. The van der Waals surface area contributed by atoms with E-state index in [0.717, 1.165) is 67.5 Å². The highest BCUT2D eigenvalue weighted by molar-refractivity contribution is 5.96. The first kappa shape index (κ1) is 26.9. The normalized spacial score (nSPS) is 26.0. The molecule has 4 atom stereocenters. The topological polar surface area (TPSA) is 61.7 Å². The zero-order valence-corrected chi connectivity index (χ0v) is 23.6. The van der Waals surface area contributed by atoms with E-state index in [-0.39, 0.29) is 5.56 Å². The van der Waals surface area contributed by atoms with Crippen LogP contribution >= 0.6 is 0 Å². The van der Waals surface area contributed by atoms with Crippen LogP contribution in [0.25, 0.3) is 10.8 Å². The van der Waals surface area contributed by atoms with Crippen LogP contribution in [0.1, 0.15) is 39.2 Å². The van der Waals surface area contributed by atoms with Gasteiger partial charge in [-0.3, -0.25) is 4.79 Å². The molecule has 0 radical (unpaired) electrons. The van der Waals surface area contributed by atoms with Gasteiger partial charge < -0.3 is 20.1 Å². The fourth-order valence-corrected chi connectivity index (χ4v) is 7.16. The third-order valence-electron chi connectivity index (χ3n) is 9.89. The second-order valence-corrected chi connectivity index (χ2v) is 12.4. The highest BCUT2D eigenvalue weighted by atomic mass is 19.1. The monoisotopic (exact) mass is 547 g/mol. The fraction of sp³-hybridized carbons (Fsp3) is 0.500. The third kappa shape index (κ3) is 5.02. The van der Waals surface area contributed by atoms with Gasteiger partial charge in [0.1, 0.15) is 11.6 Å². The Labute approximate surface area is 234 Å². The number of aryl methyl sites for hydroxylation is 2. The second kappa shape index (κ2) is 10.6. The number of pyridine rings is 1. The molecule has 6 nitrogen and oxygen atoms in total. The van der Waals surface area contributed by atoms with E-state index in [1.165, 1.54) is 18.6 Å². The molecule has 3 aliphatic carbocycles. The summed E-state index contributed by atoms with van der Waals surface area (Å²) in [5.41, 5.74) is 1.59. The summed E-state index contributed by atoms with van der Waals surface area (Å²) >= 11 is 0. The molecule has 4 aliphatic rings. The van der Waals surface area contributed by atoms with Gasteiger partial charge in [-0.15, -0.1) is 0 Å². The molecule has 7 rings (SSSR count). The summed E-state index contributed by atoms with van der Waals surface area (Å²) in [6.07, 6.45) is 4.53. The summed E-state index contributed by atoms with van der Waals surface area (Å²) in [5, 5.41) is 8.50. The maximum Gasteiger partial charge on any atom is 0.258 e. The van der Waals surface area contributed by atoms with Crippen LogP contribution in [0.3, 0.4) is 0 Å². The Balaban J connectivity index is 1.22. The number of anilines is 1. The second-order valence-electron chi connectivity index (χ2n) is 12.4. The predicted molar refractivity (Wildman–Crippen MR) is 157 cm³/mol. The highest BCUT2D eigenvalue weighted by Crippen LogP contribution is 2.61. The van der Waals surface area contributed by atoms with Gasteiger partial charge in [0.25, 0.3) is 5.56 Å². The van der Waals surface area contributed by atoms with Gasteiger partial charge in [0.2, 0.25) is 0 Å². The lowest BCUT2D eigenvalue weighted by Crippen LogP contribution is -2.57. The molecule has 1 aliphatic heterocycles. The lowest BCUT2D eigenvalue weighted by atomic mass is 9.45. The number of guanidine groups is 1. The molecule has 3 saturated carbocycles.